The van der Waals surface area contributed by atoms with Crippen molar-refractivity contribution in [2.75, 3.05) is 44.3 Å². The highest BCUT2D eigenvalue weighted by molar-refractivity contribution is 7.99. The van der Waals surface area contributed by atoms with Crippen LogP contribution >= 0.6 is 11.8 Å². The molecule has 1 saturated heterocycles. The van der Waals surface area contributed by atoms with Crippen molar-refractivity contribution < 1.29 is 22.0 Å². The van der Waals surface area contributed by atoms with Crippen LogP contribution in [0.25, 0.3) is 0 Å². The molecule has 4 rings (SSSR count). The van der Waals surface area contributed by atoms with Crippen LogP contribution in [-0.4, -0.2) is 44.4 Å². The molecule has 0 aliphatic carbocycles. The van der Waals surface area contributed by atoms with Gasteiger partial charge in [0.2, 0.25) is 0 Å². The average Bonchev–Trinajstić information content (AvgIpc) is 2.62. The van der Waals surface area contributed by atoms with E-state index in [4.69, 9.17) is 4.74 Å². The summed E-state index contributed by atoms with van der Waals surface area (Å²) in [6, 6.07) is 12.8. The second-order valence-electron chi connectivity index (χ2n) is 6.01. The minimum atomic E-state index is 0. The van der Waals surface area contributed by atoms with E-state index in [-0.39, 0.29) is 12.4 Å². The molecule has 0 saturated carbocycles. The fraction of sp³-hybridized carbons (Fsp3) is 0.389. The van der Waals surface area contributed by atoms with Crippen molar-refractivity contribution in [1.29, 1.82) is 0 Å². The predicted octanol–water partition coefficient (Wildman–Crippen LogP) is -1.01. The van der Waals surface area contributed by atoms with Crippen LogP contribution in [0.2, 0.25) is 0 Å². The van der Waals surface area contributed by atoms with Gasteiger partial charge in [-0.25, -0.2) is 4.98 Å². The van der Waals surface area contributed by atoms with Crippen LogP contribution in [0.1, 0.15) is 6.42 Å². The second kappa shape index (κ2) is 8.21. The van der Waals surface area contributed by atoms with Crippen molar-refractivity contribution in [2.24, 2.45) is 0 Å². The smallest absolute Gasteiger partial charge is 0.147 e. The molecular formula is C18H22ClN3OS. The molecule has 0 radical (unpaired) electrons. The molecule has 0 atom stereocenters. The van der Waals surface area contributed by atoms with Gasteiger partial charge in [0.25, 0.3) is 0 Å². The minimum absolute atomic E-state index is 0. The van der Waals surface area contributed by atoms with E-state index in [2.05, 4.69) is 40.2 Å². The summed E-state index contributed by atoms with van der Waals surface area (Å²) in [4.78, 5) is 11.3. The zero-order valence-electron chi connectivity index (χ0n) is 13.6. The monoisotopic (exact) mass is 363 g/mol. The Bertz CT molecular complexity index is 633. The zero-order chi connectivity index (χ0) is 15.5. The standard InChI is InChI=1S/C18H21N3OS.ClH/c1-2-6-16-15(5-1)21(18-17(23-16)7-3-8-19-18)10-4-9-20-11-13-22-14-12-20;/h1-3,5-8H,4,9-14H2;1H. The molecule has 0 amide bonds. The summed E-state index contributed by atoms with van der Waals surface area (Å²) in [5.74, 6) is 1.10. The van der Waals surface area contributed by atoms with Crippen LogP contribution in [0, 0.1) is 0 Å². The number of hydrogen-bond donors (Lipinski definition) is 1. The molecule has 6 heteroatoms. The van der Waals surface area contributed by atoms with Crippen LogP contribution in [-0.2, 0) is 4.74 Å². The van der Waals surface area contributed by atoms with Gasteiger partial charge in [-0.3, -0.25) is 0 Å². The van der Waals surface area contributed by atoms with Gasteiger partial charge in [-0.2, -0.15) is 0 Å². The molecule has 1 fully saturated rings. The zero-order valence-corrected chi connectivity index (χ0v) is 15.2. The third-order valence-electron chi connectivity index (χ3n) is 4.49. The lowest BCUT2D eigenvalue weighted by molar-refractivity contribution is -0.908. The number of pyridine rings is 1. The van der Waals surface area contributed by atoms with Crippen molar-refractivity contribution in [2.45, 2.75) is 16.2 Å². The predicted molar refractivity (Wildman–Crippen MR) is 92.8 cm³/mol. The number of quaternary nitrogens is 1. The number of rotatable bonds is 4. The van der Waals surface area contributed by atoms with Gasteiger partial charge in [0.1, 0.15) is 18.9 Å². The van der Waals surface area contributed by atoms with Crippen molar-refractivity contribution in [3.63, 3.8) is 0 Å². The number of hydrogen-bond acceptors (Lipinski definition) is 4. The maximum atomic E-state index is 5.44. The lowest BCUT2D eigenvalue weighted by Crippen LogP contribution is -3.14. The number of para-hydroxylation sites is 1. The Kier molecular flexibility index (Phi) is 6.00. The van der Waals surface area contributed by atoms with Crippen molar-refractivity contribution in [3.8, 4) is 0 Å². The summed E-state index contributed by atoms with van der Waals surface area (Å²) >= 11 is 1.82. The molecule has 1 aromatic carbocycles. The molecule has 24 heavy (non-hydrogen) atoms. The lowest BCUT2D eigenvalue weighted by Gasteiger charge is -2.32. The van der Waals surface area contributed by atoms with Gasteiger partial charge in [-0.15, -0.1) is 0 Å². The third-order valence-corrected chi connectivity index (χ3v) is 5.60. The first-order chi connectivity index (χ1) is 11.4. The lowest BCUT2D eigenvalue weighted by atomic mass is 10.2. The van der Waals surface area contributed by atoms with Crippen molar-refractivity contribution >= 4 is 23.3 Å². The molecule has 2 aliphatic rings. The highest BCUT2D eigenvalue weighted by Crippen LogP contribution is 2.46. The van der Waals surface area contributed by atoms with Crippen LogP contribution in [0.5, 0.6) is 0 Å². The Morgan fingerprint density at radius 1 is 1.08 bits per heavy atom. The van der Waals surface area contributed by atoms with Crippen LogP contribution in [0.4, 0.5) is 11.5 Å². The SMILES string of the molecule is [Cl-].c1ccc2c(c1)Sc1cccnc1N2CCC[NH+]1CCOCC1. The summed E-state index contributed by atoms with van der Waals surface area (Å²) in [7, 11) is 0. The normalized spacial score (nSPS) is 16.9. The summed E-state index contributed by atoms with van der Waals surface area (Å²) in [6.07, 6.45) is 3.07. The van der Waals surface area contributed by atoms with E-state index in [1.54, 1.807) is 4.90 Å². The Labute approximate surface area is 153 Å². The Hall–Kier alpha value is -1.27. The Balaban J connectivity index is 0.00000169. The topological polar surface area (TPSA) is 29.8 Å². The van der Waals surface area contributed by atoms with Gasteiger partial charge in [0, 0.05) is 24.1 Å². The maximum Gasteiger partial charge on any atom is 0.147 e. The third kappa shape index (κ3) is 3.70. The number of benzene rings is 1. The molecule has 2 aromatic rings. The van der Waals surface area contributed by atoms with Gasteiger partial charge >= 0.3 is 0 Å². The molecule has 2 aliphatic heterocycles. The molecule has 4 nitrogen and oxygen atoms in total. The van der Waals surface area contributed by atoms with Gasteiger partial charge < -0.3 is 26.9 Å². The van der Waals surface area contributed by atoms with Gasteiger partial charge in [0.15, 0.2) is 0 Å². The van der Waals surface area contributed by atoms with E-state index in [9.17, 15) is 0 Å². The summed E-state index contributed by atoms with van der Waals surface area (Å²) < 4.78 is 5.44. The van der Waals surface area contributed by atoms with E-state index >= 15 is 0 Å². The highest BCUT2D eigenvalue weighted by atomic mass is 35.5. The quantitative estimate of drug-likeness (QED) is 0.754. The number of nitrogens with one attached hydrogen (secondary N) is 1. The summed E-state index contributed by atoms with van der Waals surface area (Å²) in [5, 5.41) is 0. The summed E-state index contributed by atoms with van der Waals surface area (Å²) in [5.41, 5.74) is 1.29. The number of anilines is 2. The summed E-state index contributed by atoms with van der Waals surface area (Å²) in [6.45, 7) is 6.32. The minimum Gasteiger partial charge on any atom is -1.00 e. The number of aromatic nitrogens is 1. The molecular weight excluding hydrogens is 342 g/mol. The van der Waals surface area contributed by atoms with Gasteiger partial charge in [-0.05, 0) is 24.3 Å². The fourth-order valence-corrected chi connectivity index (χ4v) is 4.35. The molecule has 0 spiro atoms. The first-order valence-electron chi connectivity index (χ1n) is 8.32. The van der Waals surface area contributed by atoms with E-state index in [1.807, 2.05) is 24.0 Å². The molecule has 1 aromatic heterocycles. The van der Waals surface area contributed by atoms with Crippen LogP contribution in [0.15, 0.2) is 52.4 Å². The average molecular weight is 364 g/mol. The highest BCUT2D eigenvalue weighted by Gasteiger charge is 2.24. The van der Waals surface area contributed by atoms with Crippen molar-refractivity contribution in [1.82, 2.24) is 4.98 Å². The number of nitrogens with zero attached hydrogens (tertiary/aromatic N) is 2. The van der Waals surface area contributed by atoms with Crippen LogP contribution < -0.4 is 22.2 Å². The Morgan fingerprint density at radius 3 is 2.75 bits per heavy atom. The van der Waals surface area contributed by atoms with E-state index < -0.39 is 0 Å². The number of morpholine rings is 1. The number of halogens is 1. The Morgan fingerprint density at radius 2 is 1.88 bits per heavy atom. The molecule has 3 heterocycles. The van der Waals surface area contributed by atoms with E-state index in [0.717, 1.165) is 38.7 Å². The molecule has 0 unspecified atom stereocenters. The van der Waals surface area contributed by atoms with Gasteiger partial charge in [0.05, 0.1) is 30.3 Å². The fourth-order valence-electron chi connectivity index (χ4n) is 3.29. The second-order valence-corrected chi connectivity index (χ2v) is 7.10. The van der Waals surface area contributed by atoms with E-state index in [1.165, 1.54) is 28.4 Å². The first kappa shape index (κ1) is 17.5. The van der Waals surface area contributed by atoms with Crippen LogP contribution in [0.3, 0.4) is 0 Å². The largest absolute Gasteiger partial charge is 1.00 e. The molecule has 0 bridgehead atoms. The van der Waals surface area contributed by atoms with E-state index in [0.29, 0.717) is 0 Å². The molecule has 1 N–H and O–H groups in total. The number of ether oxygens (including phenoxy) is 1. The van der Waals surface area contributed by atoms with Crippen molar-refractivity contribution in [3.05, 3.63) is 42.6 Å². The maximum absolute atomic E-state index is 5.44. The first-order valence-corrected chi connectivity index (χ1v) is 9.14. The molecule has 128 valence electrons. The van der Waals surface area contributed by atoms with Gasteiger partial charge in [-0.1, -0.05) is 23.9 Å². The number of fused-ring (bicyclic) bond motifs is 2.